The van der Waals surface area contributed by atoms with Crippen molar-refractivity contribution in [1.82, 2.24) is 4.90 Å². The van der Waals surface area contributed by atoms with Crippen LogP contribution in [0.4, 0.5) is 0 Å². The summed E-state index contributed by atoms with van der Waals surface area (Å²) in [6.07, 6.45) is 1.13. The van der Waals surface area contributed by atoms with Crippen LogP contribution in [0.15, 0.2) is 0 Å². The standard InChI is InChI=1S/C9H19NO2/c1-8(6-11)5-10(2)9-3-4-12-7-9/h8-9,11H,3-7H2,1-2H3. The summed E-state index contributed by atoms with van der Waals surface area (Å²) in [5, 5.41) is 8.87. The van der Waals surface area contributed by atoms with E-state index in [0.717, 1.165) is 26.2 Å². The third-order valence-electron chi connectivity index (χ3n) is 2.44. The largest absolute Gasteiger partial charge is 0.396 e. The monoisotopic (exact) mass is 173 g/mol. The summed E-state index contributed by atoms with van der Waals surface area (Å²) in [7, 11) is 2.10. The second-order valence-electron chi connectivity index (χ2n) is 3.74. The number of likely N-dealkylation sites (N-methyl/N-ethyl adjacent to an activating group) is 1. The zero-order valence-corrected chi connectivity index (χ0v) is 7.99. The molecule has 1 rings (SSSR count). The third-order valence-corrected chi connectivity index (χ3v) is 2.44. The number of nitrogens with zero attached hydrogens (tertiary/aromatic N) is 1. The molecule has 0 aromatic rings. The van der Waals surface area contributed by atoms with Gasteiger partial charge in [-0.05, 0) is 19.4 Å². The smallest absolute Gasteiger partial charge is 0.0622 e. The summed E-state index contributed by atoms with van der Waals surface area (Å²) in [5.74, 6) is 0.371. The Morgan fingerprint density at radius 3 is 2.92 bits per heavy atom. The molecule has 1 saturated heterocycles. The molecule has 0 radical (unpaired) electrons. The molecule has 2 atom stereocenters. The molecule has 72 valence electrons. The molecule has 1 fully saturated rings. The molecule has 3 heteroatoms. The number of aliphatic hydroxyl groups is 1. The first-order valence-corrected chi connectivity index (χ1v) is 4.63. The summed E-state index contributed by atoms with van der Waals surface area (Å²) in [5.41, 5.74) is 0. The van der Waals surface area contributed by atoms with Gasteiger partial charge in [-0.3, -0.25) is 0 Å². The first-order valence-electron chi connectivity index (χ1n) is 4.63. The summed E-state index contributed by atoms with van der Waals surface area (Å²) in [6, 6.07) is 0.569. The molecular formula is C9H19NO2. The van der Waals surface area contributed by atoms with E-state index in [-0.39, 0.29) is 6.61 Å². The molecule has 3 nitrogen and oxygen atoms in total. The predicted octanol–water partition coefficient (Wildman–Crippen LogP) is 0.335. The van der Waals surface area contributed by atoms with Gasteiger partial charge in [-0.15, -0.1) is 0 Å². The van der Waals surface area contributed by atoms with Crippen LogP contribution in [0, 0.1) is 5.92 Å². The topological polar surface area (TPSA) is 32.7 Å². The fourth-order valence-electron chi connectivity index (χ4n) is 1.57. The van der Waals surface area contributed by atoms with Crippen LogP contribution in [0.1, 0.15) is 13.3 Å². The Morgan fingerprint density at radius 2 is 2.42 bits per heavy atom. The predicted molar refractivity (Wildman–Crippen MR) is 48.1 cm³/mol. The van der Waals surface area contributed by atoms with Gasteiger partial charge in [0.2, 0.25) is 0 Å². The van der Waals surface area contributed by atoms with Gasteiger partial charge in [0.15, 0.2) is 0 Å². The lowest BCUT2D eigenvalue weighted by Gasteiger charge is -2.25. The molecule has 0 spiro atoms. The Labute approximate surface area is 74.3 Å². The van der Waals surface area contributed by atoms with Crippen molar-refractivity contribution in [2.75, 3.05) is 33.4 Å². The molecule has 0 saturated carbocycles. The van der Waals surface area contributed by atoms with E-state index in [1.807, 2.05) is 0 Å². The van der Waals surface area contributed by atoms with Crippen LogP contribution < -0.4 is 0 Å². The van der Waals surface area contributed by atoms with Crippen LogP contribution in [-0.4, -0.2) is 49.5 Å². The van der Waals surface area contributed by atoms with Crippen molar-refractivity contribution in [3.63, 3.8) is 0 Å². The summed E-state index contributed by atoms with van der Waals surface area (Å²) < 4.78 is 5.29. The third kappa shape index (κ3) is 2.73. The van der Waals surface area contributed by atoms with Gasteiger partial charge in [0, 0.05) is 25.8 Å². The number of rotatable bonds is 4. The fourth-order valence-corrected chi connectivity index (χ4v) is 1.57. The van der Waals surface area contributed by atoms with E-state index in [2.05, 4.69) is 18.9 Å². The van der Waals surface area contributed by atoms with Crippen LogP contribution in [-0.2, 0) is 4.74 Å². The molecular weight excluding hydrogens is 154 g/mol. The van der Waals surface area contributed by atoms with Gasteiger partial charge in [0.1, 0.15) is 0 Å². The minimum Gasteiger partial charge on any atom is -0.396 e. The average Bonchev–Trinajstić information content (AvgIpc) is 2.56. The maximum Gasteiger partial charge on any atom is 0.0622 e. The molecule has 1 aliphatic heterocycles. The number of hydrogen-bond donors (Lipinski definition) is 1. The fraction of sp³-hybridized carbons (Fsp3) is 1.00. The zero-order valence-electron chi connectivity index (χ0n) is 7.99. The van der Waals surface area contributed by atoms with Crippen molar-refractivity contribution in [3.8, 4) is 0 Å². The molecule has 0 amide bonds. The Hall–Kier alpha value is -0.120. The summed E-state index contributed by atoms with van der Waals surface area (Å²) in [4.78, 5) is 2.29. The van der Waals surface area contributed by atoms with Gasteiger partial charge >= 0.3 is 0 Å². The second kappa shape index (κ2) is 4.80. The Balaban J connectivity index is 2.21. The van der Waals surface area contributed by atoms with E-state index in [4.69, 9.17) is 9.84 Å². The van der Waals surface area contributed by atoms with Crippen molar-refractivity contribution >= 4 is 0 Å². The minimum atomic E-state index is 0.276. The molecule has 2 unspecified atom stereocenters. The molecule has 0 aromatic heterocycles. The van der Waals surface area contributed by atoms with Crippen LogP contribution in [0.25, 0.3) is 0 Å². The van der Waals surface area contributed by atoms with E-state index < -0.39 is 0 Å². The SMILES string of the molecule is CC(CO)CN(C)C1CCOC1. The van der Waals surface area contributed by atoms with Crippen LogP contribution in [0.5, 0.6) is 0 Å². The maximum atomic E-state index is 8.87. The van der Waals surface area contributed by atoms with Crippen molar-refractivity contribution in [3.05, 3.63) is 0 Å². The second-order valence-corrected chi connectivity index (χ2v) is 3.74. The number of aliphatic hydroxyl groups excluding tert-OH is 1. The Bertz CT molecular complexity index is 124. The lowest BCUT2D eigenvalue weighted by Crippen LogP contribution is -2.36. The molecule has 1 heterocycles. The summed E-state index contributed by atoms with van der Waals surface area (Å²) >= 11 is 0. The van der Waals surface area contributed by atoms with E-state index in [9.17, 15) is 0 Å². The molecule has 1 aliphatic rings. The maximum absolute atomic E-state index is 8.87. The van der Waals surface area contributed by atoms with Crippen LogP contribution in [0.3, 0.4) is 0 Å². The van der Waals surface area contributed by atoms with Gasteiger partial charge in [0.25, 0.3) is 0 Å². The highest BCUT2D eigenvalue weighted by Gasteiger charge is 2.20. The summed E-state index contributed by atoms with van der Waals surface area (Å²) in [6.45, 7) is 5.05. The lowest BCUT2D eigenvalue weighted by molar-refractivity contribution is 0.134. The van der Waals surface area contributed by atoms with E-state index in [0.29, 0.717) is 12.0 Å². The molecule has 0 bridgehead atoms. The molecule has 0 aromatic carbocycles. The van der Waals surface area contributed by atoms with E-state index in [1.54, 1.807) is 0 Å². The Kier molecular flexibility index (Phi) is 3.98. The van der Waals surface area contributed by atoms with Crippen molar-refractivity contribution in [2.24, 2.45) is 5.92 Å². The van der Waals surface area contributed by atoms with E-state index >= 15 is 0 Å². The first kappa shape index (κ1) is 9.96. The van der Waals surface area contributed by atoms with E-state index in [1.165, 1.54) is 0 Å². The van der Waals surface area contributed by atoms with Gasteiger partial charge in [-0.1, -0.05) is 6.92 Å². The molecule has 0 aliphatic carbocycles. The molecule has 1 N–H and O–H groups in total. The normalized spacial score (nSPS) is 26.5. The number of hydrogen-bond acceptors (Lipinski definition) is 3. The van der Waals surface area contributed by atoms with Crippen molar-refractivity contribution in [2.45, 2.75) is 19.4 Å². The van der Waals surface area contributed by atoms with Crippen LogP contribution in [0.2, 0.25) is 0 Å². The zero-order chi connectivity index (χ0) is 8.97. The minimum absolute atomic E-state index is 0.276. The van der Waals surface area contributed by atoms with Gasteiger partial charge in [0.05, 0.1) is 6.61 Å². The molecule has 12 heavy (non-hydrogen) atoms. The van der Waals surface area contributed by atoms with Gasteiger partial charge in [-0.2, -0.15) is 0 Å². The van der Waals surface area contributed by atoms with Gasteiger partial charge < -0.3 is 14.7 Å². The van der Waals surface area contributed by atoms with Crippen LogP contribution >= 0.6 is 0 Å². The average molecular weight is 173 g/mol. The first-order chi connectivity index (χ1) is 5.74. The highest BCUT2D eigenvalue weighted by molar-refractivity contribution is 4.73. The quantitative estimate of drug-likeness (QED) is 0.665. The number of ether oxygens (including phenoxy) is 1. The van der Waals surface area contributed by atoms with Crippen molar-refractivity contribution in [1.29, 1.82) is 0 Å². The highest BCUT2D eigenvalue weighted by atomic mass is 16.5. The highest BCUT2D eigenvalue weighted by Crippen LogP contribution is 2.11. The lowest BCUT2D eigenvalue weighted by atomic mass is 10.1. The van der Waals surface area contributed by atoms with Crippen molar-refractivity contribution < 1.29 is 9.84 Å². The Morgan fingerprint density at radius 1 is 1.67 bits per heavy atom. The van der Waals surface area contributed by atoms with Gasteiger partial charge in [-0.25, -0.2) is 0 Å².